The molecule has 0 heterocycles. The van der Waals surface area contributed by atoms with Gasteiger partial charge < -0.3 is 20.3 Å². The minimum Gasteiger partial charge on any atom is -0.461 e. The lowest BCUT2D eigenvalue weighted by molar-refractivity contribution is 0.0466. The second kappa shape index (κ2) is 10.6. The van der Waals surface area contributed by atoms with Gasteiger partial charge in [-0.1, -0.05) is 26.0 Å². The first kappa shape index (κ1) is 20.8. The lowest BCUT2D eigenvalue weighted by atomic mass is 10.2. The van der Waals surface area contributed by atoms with E-state index >= 15 is 0 Å². The number of halogens is 1. The van der Waals surface area contributed by atoms with Crippen molar-refractivity contribution < 1.29 is 13.9 Å². The van der Waals surface area contributed by atoms with Crippen LogP contribution in [0.25, 0.3) is 0 Å². The molecular formula is C20H24FN3O2S. The third-order valence-corrected chi connectivity index (χ3v) is 4.24. The number of para-hydroxylation sites is 1. The summed E-state index contributed by atoms with van der Waals surface area (Å²) in [6, 6.07) is 13.0. The molecular weight excluding hydrogens is 365 g/mol. The maximum absolute atomic E-state index is 13.6. The van der Waals surface area contributed by atoms with E-state index in [1.54, 1.807) is 42.5 Å². The second-order valence-electron chi connectivity index (χ2n) is 5.80. The number of hydrogen-bond donors (Lipinski definition) is 2. The van der Waals surface area contributed by atoms with Gasteiger partial charge in [-0.05, 0) is 61.7 Å². The van der Waals surface area contributed by atoms with Gasteiger partial charge in [-0.2, -0.15) is 0 Å². The highest BCUT2D eigenvalue weighted by Crippen LogP contribution is 2.14. The van der Waals surface area contributed by atoms with Crippen LogP contribution in [-0.4, -0.2) is 42.2 Å². The second-order valence-corrected chi connectivity index (χ2v) is 6.21. The Labute approximate surface area is 164 Å². The third kappa shape index (κ3) is 6.62. The van der Waals surface area contributed by atoms with E-state index in [2.05, 4.69) is 29.4 Å². The molecule has 0 aromatic heterocycles. The summed E-state index contributed by atoms with van der Waals surface area (Å²) in [5.74, 6) is -0.745. The van der Waals surface area contributed by atoms with Gasteiger partial charge in [0.2, 0.25) is 0 Å². The fourth-order valence-electron chi connectivity index (χ4n) is 2.43. The van der Waals surface area contributed by atoms with Crippen molar-refractivity contribution in [3.63, 3.8) is 0 Å². The van der Waals surface area contributed by atoms with E-state index in [-0.39, 0.29) is 16.9 Å². The molecule has 7 heteroatoms. The predicted octanol–water partition coefficient (Wildman–Crippen LogP) is 4.13. The lowest BCUT2D eigenvalue weighted by Gasteiger charge is -2.17. The Kier molecular flexibility index (Phi) is 8.16. The predicted molar refractivity (Wildman–Crippen MR) is 111 cm³/mol. The Balaban J connectivity index is 1.84. The van der Waals surface area contributed by atoms with Gasteiger partial charge in [0.05, 0.1) is 11.3 Å². The zero-order valence-electron chi connectivity index (χ0n) is 15.5. The molecule has 0 aliphatic carbocycles. The largest absolute Gasteiger partial charge is 0.461 e. The van der Waals surface area contributed by atoms with E-state index in [0.717, 1.165) is 13.1 Å². The van der Waals surface area contributed by atoms with E-state index in [1.807, 2.05) is 0 Å². The van der Waals surface area contributed by atoms with Gasteiger partial charge in [0.1, 0.15) is 12.4 Å². The molecule has 144 valence electrons. The number of anilines is 2. The molecule has 2 aromatic rings. The maximum atomic E-state index is 13.6. The Morgan fingerprint density at radius 1 is 1.07 bits per heavy atom. The molecule has 0 saturated carbocycles. The molecule has 2 aromatic carbocycles. The molecule has 0 amide bonds. The average Bonchev–Trinajstić information content (AvgIpc) is 2.67. The highest BCUT2D eigenvalue weighted by atomic mass is 32.1. The highest BCUT2D eigenvalue weighted by Gasteiger charge is 2.09. The molecule has 0 atom stereocenters. The van der Waals surface area contributed by atoms with Crippen LogP contribution in [0.15, 0.2) is 48.5 Å². The van der Waals surface area contributed by atoms with Crippen molar-refractivity contribution in [2.24, 2.45) is 0 Å². The minimum absolute atomic E-state index is 0.259. The molecule has 2 rings (SSSR count). The topological polar surface area (TPSA) is 53.6 Å². The van der Waals surface area contributed by atoms with Gasteiger partial charge in [-0.25, -0.2) is 9.18 Å². The van der Waals surface area contributed by atoms with E-state index < -0.39 is 0 Å². The van der Waals surface area contributed by atoms with Crippen molar-refractivity contribution in [1.82, 2.24) is 4.90 Å². The van der Waals surface area contributed by atoms with Crippen molar-refractivity contribution in [2.75, 3.05) is 36.9 Å². The molecule has 0 fully saturated rings. The summed E-state index contributed by atoms with van der Waals surface area (Å²) in [4.78, 5) is 14.3. The Bertz CT molecular complexity index is 764. The number of nitrogens with one attached hydrogen (secondary N) is 2. The number of thiocarbonyl (C=S) groups is 1. The molecule has 27 heavy (non-hydrogen) atoms. The molecule has 0 aliphatic rings. The van der Waals surface area contributed by atoms with E-state index in [9.17, 15) is 9.18 Å². The summed E-state index contributed by atoms with van der Waals surface area (Å²) in [5, 5.41) is 6.01. The van der Waals surface area contributed by atoms with Crippen molar-refractivity contribution in [2.45, 2.75) is 13.8 Å². The first-order chi connectivity index (χ1) is 13.0. The SMILES string of the molecule is CCN(CC)CCOC(=O)c1ccc(NC(=S)Nc2ccccc2F)cc1. The molecule has 0 aliphatic heterocycles. The van der Waals surface area contributed by atoms with Gasteiger partial charge in [-0.15, -0.1) is 0 Å². The number of carbonyl (C=O) groups excluding carboxylic acids is 1. The standard InChI is InChI=1S/C20H24FN3O2S/c1-3-24(4-2)13-14-26-19(25)15-9-11-16(12-10-15)22-20(27)23-18-8-6-5-7-17(18)21/h5-12H,3-4,13-14H2,1-2H3,(H2,22,23,27). The number of hydrogen-bond acceptors (Lipinski definition) is 4. The van der Waals surface area contributed by atoms with Gasteiger partial charge in [0, 0.05) is 12.2 Å². The quantitative estimate of drug-likeness (QED) is 0.523. The molecule has 0 unspecified atom stereocenters. The molecule has 0 saturated heterocycles. The summed E-state index contributed by atoms with van der Waals surface area (Å²) in [5.41, 5.74) is 1.44. The number of ether oxygens (including phenoxy) is 1. The fraction of sp³-hybridized carbons (Fsp3) is 0.300. The summed E-state index contributed by atoms with van der Waals surface area (Å²) in [7, 11) is 0. The van der Waals surface area contributed by atoms with E-state index in [4.69, 9.17) is 17.0 Å². The fourth-order valence-corrected chi connectivity index (χ4v) is 2.66. The highest BCUT2D eigenvalue weighted by molar-refractivity contribution is 7.80. The normalized spacial score (nSPS) is 10.5. The third-order valence-electron chi connectivity index (χ3n) is 4.04. The lowest BCUT2D eigenvalue weighted by Crippen LogP contribution is -2.27. The summed E-state index contributed by atoms with van der Waals surface area (Å²) in [6.07, 6.45) is 0. The van der Waals surface area contributed by atoms with E-state index in [1.165, 1.54) is 6.07 Å². The van der Waals surface area contributed by atoms with Crippen LogP contribution in [0.2, 0.25) is 0 Å². The Morgan fingerprint density at radius 2 is 1.74 bits per heavy atom. The minimum atomic E-state index is -0.385. The van der Waals surface area contributed by atoms with Gasteiger partial charge in [-0.3, -0.25) is 0 Å². The van der Waals surface area contributed by atoms with Crippen molar-refractivity contribution in [3.05, 3.63) is 59.9 Å². The molecule has 5 nitrogen and oxygen atoms in total. The molecule has 0 spiro atoms. The van der Waals surface area contributed by atoms with Gasteiger partial charge in [0.15, 0.2) is 5.11 Å². The van der Waals surface area contributed by atoms with Crippen molar-refractivity contribution >= 4 is 34.7 Å². The number of rotatable bonds is 8. The van der Waals surface area contributed by atoms with Crippen LogP contribution < -0.4 is 10.6 Å². The molecule has 0 bridgehead atoms. The smallest absolute Gasteiger partial charge is 0.338 e. The van der Waals surface area contributed by atoms with Crippen molar-refractivity contribution in [1.29, 1.82) is 0 Å². The summed E-state index contributed by atoms with van der Waals surface area (Å²) < 4.78 is 18.9. The number of nitrogens with zero attached hydrogens (tertiary/aromatic N) is 1. The number of benzene rings is 2. The van der Waals surface area contributed by atoms with Gasteiger partial charge in [0.25, 0.3) is 0 Å². The number of carbonyl (C=O) groups is 1. The first-order valence-electron chi connectivity index (χ1n) is 8.85. The Hall–Kier alpha value is -2.51. The zero-order chi connectivity index (χ0) is 19.6. The number of esters is 1. The monoisotopic (exact) mass is 389 g/mol. The summed E-state index contributed by atoms with van der Waals surface area (Å²) in [6.45, 7) is 7.07. The molecule has 0 radical (unpaired) electrons. The summed E-state index contributed by atoms with van der Waals surface area (Å²) >= 11 is 5.18. The molecule has 2 N–H and O–H groups in total. The van der Waals surface area contributed by atoms with Crippen LogP contribution in [0.5, 0.6) is 0 Å². The maximum Gasteiger partial charge on any atom is 0.338 e. The van der Waals surface area contributed by atoms with Crippen LogP contribution in [-0.2, 0) is 4.74 Å². The van der Waals surface area contributed by atoms with Crippen molar-refractivity contribution in [3.8, 4) is 0 Å². The van der Waals surface area contributed by atoms with Crippen LogP contribution in [0, 0.1) is 5.82 Å². The zero-order valence-corrected chi connectivity index (χ0v) is 16.3. The Morgan fingerprint density at radius 3 is 2.37 bits per heavy atom. The first-order valence-corrected chi connectivity index (χ1v) is 9.26. The van der Waals surface area contributed by atoms with Crippen LogP contribution >= 0.6 is 12.2 Å². The number of likely N-dealkylation sites (N-methyl/N-ethyl adjacent to an activating group) is 1. The van der Waals surface area contributed by atoms with Crippen LogP contribution in [0.4, 0.5) is 15.8 Å². The van der Waals surface area contributed by atoms with Crippen LogP contribution in [0.3, 0.4) is 0 Å². The van der Waals surface area contributed by atoms with E-state index in [0.29, 0.717) is 30.1 Å². The van der Waals surface area contributed by atoms with Gasteiger partial charge >= 0.3 is 5.97 Å². The average molecular weight is 389 g/mol. The van der Waals surface area contributed by atoms with Crippen LogP contribution in [0.1, 0.15) is 24.2 Å².